The van der Waals surface area contributed by atoms with E-state index in [1.165, 1.54) is 0 Å². The summed E-state index contributed by atoms with van der Waals surface area (Å²) >= 11 is 0. The van der Waals surface area contributed by atoms with Crippen LogP contribution in [0.4, 0.5) is 0 Å². The summed E-state index contributed by atoms with van der Waals surface area (Å²) in [5.41, 5.74) is 5.56. The maximum absolute atomic E-state index is 10.5. The second-order valence-corrected chi connectivity index (χ2v) is 4.33. The molecule has 12 heavy (non-hydrogen) atoms. The fraction of sp³-hybridized carbons (Fsp3) is 0.889. The van der Waals surface area contributed by atoms with E-state index in [0.717, 1.165) is 0 Å². The Balaban J connectivity index is 4.28. The molecule has 0 rings (SSSR count). The van der Waals surface area contributed by atoms with Gasteiger partial charge in [0.2, 0.25) is 0 Å². The average Bonchev–Trinajstić information content (AvgIpc) is 1.82. The Morgan fingerprint density at radius 1 is 1.50 bits per heavy atom. The second kappa shape index (κ2) is 3.90. The highest BCUT2D eigenvalue weighted by Gasteiger charge is 2.30. The maximum atomic E-state index is 10.5. The zero-order chi connectivity index (χ0) is 9.94. The van der Waals surface area contributed by atoms with Gasteiger partial charge in [-0.15, -0.1) is 0 Å². The molecule has 0 fully saturated rings. The van der Waals surface area contributed by atoms with Crippen molar-refractivity contribution in [2.75, 3.05) is 0 Å². The van der Waals surface area contributed by atoms with E-state index in [2.05, 4.69) is 0 Å². The third kappa shape index (κ3) is 3.22. The second-order valence-electron chi connectivity index (χ2n) is 4.33. The van der Waals surface area contributed by atoms with Crippen LogP contribution in [0.25, 0.3) is 0 Å². The van der Waals surface area contributed by atoms with Crippen LogP contribution in [0.1, 0.15) is 34.1 Å². The smallest absolute Gasteiger partial charge is 0.303 e. The topological polar surface area (TPSA) is 63.3 Å². The van der Waals surface area contributed by atoms with Crippen molar-refractivity contribution >= 4 is 5.97 Å². The number of hydrogen-bond acceptors (Lipinski definition) is 2. The molecule has 0 aliphatic heterocycles. The van der Waals surface area contributed by atoms with Gasteiger partial charge in [0.25, 0.3) is 0 Å². The molecule has 0 spiro atoms. The van der Waals surface area contributed by atoms with Gasteiger partial charge in [-0.1, -0.05) is 27.7 Å². The Bertz CT molecular complexity index is 164. The number of hydrogen-bond donors (Lipinski definition) is 2. The van der Waals surface area contributed by atoms with Crippen molar-refractivity contribution in [3.05, 3.63) is 0 Å². The number of rotatable bonds is 4. The minimum atomic E-state index is -0.781. The zero-order valence-corrected chi connectivity index (χ0v) is 8.29. The van der Waals surface area contributed by atoms with Crippen LogP contribution >= 0.6 is 0 Å². The molecule has 0 radical (unpaired) electrons. The van der Waals surface area contributed by atoms with Crippen molar-refractivity contribution < 1.29 is 9.90 Å². The van der Waals surface area contributed by atoms with Gasteiger partial charge in [0.1, 0.15) is 0 Å². The predicted octanol–water partition coefficient (Wildman–Crippen LogP) is 1.47. The quantitative estimate of drug-likeness (QED) is 0.676. The third-order valence-electron chi connectivity index (χ3n) is 2.23. The van der Waals surface area contributed by atoms with Crippen LogP contribution in [0.15, 0.2) is 0 Å². The molecule has 0 saturated heterocycles. The summed E-state index contributed by atoms with van der Waals surface area (Å²) in [5, 5.41) is 8.62. The minimum absolute atomic E-state index is 0.0615. The highest BCUT2D eigenvalue weighted by atomic mass is 16.4. The van der Waals surface area contributed by atoms with Gasteiger partial charge in [-0.05, 0) is 11.3 Å². The Hall–Kier alpha value is -0.570. The van der Waals surface area contributed by atoms with Gasteiger partial charge in [-0.25, -0.2) is 0 Å². The lowest BCUT2D eigenvalue weighted by atomic mass is 9.77. The Morgan fingerprint density at radius 3 is 2.17 bits per heavy atom. The SMILES string of the molecule is CC(C)[C@H](N)C(C)(C)CC(=O)O. The number of carboxylic acids is 1. The van der Waals surface area contributed by atoms with Gasteiger partial charge in [0, 0.05) is 6.04 Å². The molecular formula is C9H19NO2. The van der Waals surface area contributed by atoms with Crippen molar-refractivity contribution in [2.24, 2.45) is 17.1 Å². The molecule has 0 aliphatic rings. The van der Waals surface area contributed by atoms with Crippen molar-refractivity contribution in [3.63, 3.8) is 0 Å². The van der Waals surface area contributed by atoms with Gasteiger partial charge >= 0.3 is 5.97 Å². The van der Waals surface area contributed by atoms with Gasteiger partial charge in [-0.2, -0.15) is 0 Å². The molecule has 0 aromatic carbocycles. The van der Waals surface area contributed by atoms with Gasteiger partial charge in [0.15, 0.2) is 0 Å². The van der Waals surface area contributed by atoms with E-state index in [0.29, 0.717) is 5.92 Å². The number of aliphatic carboxylic acids is 1. The number of carbonyl (C=O) groups is 1. The molecule has 0 bridgehead atoms. The fourth-order valence-electron chi connectivity index (χ4n) is 1.41. The molecular weight excluding hydrogens is 154 g/mol. The average molecular weight is 173 g/mol. The van der Waals surface area contributed by atoms with E-state index < -0.39 is 5.97 Å². The molecule has 0 unspecified atom stereocenters. The largest absolute Gasteiger partial charge is 0.481 e. The molecule has 3 nitrogen and oxygen atoms in total. The lowest BCUT2D eigenvalue weighted by Crippen LogP contribution is -2.42. The summed E-state index contributed by atoms with van der Waals surface area (Å²) in [6.45, 7) is 7.81. The lowest BCUT2D eigenvalue weighted by Gasteiger charge is -2.32. The Morgan fingerprint density at radius 2 is 1.92 bits per heavy atom. The van der Waals surface area contributed by atoms with E-state index in [9.17, 15) is 4.79 Å². The first kappa shape index (κ1) is 11.4. The molecule has 0 saturated carbocycles. The first-order chi connectivity index (χ1) is 5.27. The molecule has 3 N–H and O–H groups in total. The van der Waals surface area contributed by atoms with Crippen LogP contribution < -0.4 is 5.73 Å². The summed E-state index contributed by atoms with van der Waals surface area (Å²) in [7, 11) is 0. The third-order valence-corrected chi connectivity index (χ3v) is 2.23. The van der Waals surface area contributed by atoms with Gasteiger partial charge < -0.3 is 10.8 Å². The Labute approximate surface area is 74.0 Å². The van der Waals surface area contributed by atoms with Gasteiger partial charge in [0.05, 0.1) is 6.42 Å². The minimum Gasteiger partial charge on any atom is -0.481 e. The summed E-state index contributed by atoms with van der Waals surface area (Å²) in [6.07, 6.45) is 0.131. The first-order valence-electron chi connectivity index (χ1n) is 4.24. The predicted molar refractivity (Wildman–Crippen MR) is 48.8 cm³/mol. The van der Waals surface area contributed by atoms with Crippen molar-refractivity contribution in [1.82, 2.24) is 0 Å². The van der Waals surface area contributed by atoms with Crippen LogP contribution in [0.3, 0.4) is 0 Å². The standard InChI is InChI=1S/C9H19NO2/c1-6(2)8(10)9(3,4)5-7(11)12/h6,8H,5,10H2,1-4H3,(H,11,12)/t8-/m0/s1. The van der Waals surface area contributed by atoms with Crippen LogP contribution in [0, 0.1) is 11.3 Å². The molecule has 0 amide bonds. The summed E-state index contributed by atoms with van der Waals surface area (Å²) in [4.78, 5) is 10.5. The number of carboxylic acid groups (broad SMARTS) is 1. The molecule has 0 aromatic heterocycles. The van der Waals surface area contributed by atoms with Crippen LogP contribution in [-0.4, -0.2) is 17.1 Å². The monoisotopic (exact) mass is 173 g/mol. The highest BCUT2D eigenvalue weighted by Crippen LogP contribution is 2.27. The van der Waals surface area contributed by atoms with E-state index in [1.54, 1.807) is 0 Å². The zero-order valence-electron chi connectivity index (χ0n) is 8.29. The summed E-state index contributed by atoms with van der Waals surface area (Å²) in [5.74, 6) is -0.463. The molecule has 0 aliphatic carbocycles. The van der Waals surface area contributed by atoms with Gasteiger partial charge in [-0.3, -0.25) is 4.79 Å². The molecule has 72 valence electrons. The highest BCUT2D eigenvalue weighted by molar-refractivity contribution is 5.67. The van der Waals surface area contributed by atoms with Crippen molar-refractivity contribution in [3.8, 4) is 0 Å². The first-order valence-corrected chi connectivity index (χ1v) is 4.24. The van der Waals surface area contributed by atoms with Crippen LogP contribution in [-0.2, 0) is 4.79 Å². The fourth-order valence-corrected chi connectivity index (χ4v) is 1.41. The normalized spacial score (nSPS) is 14.8. The molecule has 1 atom stereocenters. The summed E-state index contributed by atoms with van der Waals surface area (Å²) in [6, 6.07) is -0.0615. The number of nitrogens with two attached hydrogens (primary N) is 1. The summed E-state index contributed by atoms with van der Waals surface area (Å²) < 4.78 is 0. The Kier molecular flexibility index (Phi) is 3.71. The lowest BCUT2D eigenvalue weighted by molar-refractivity contribution is -0.139. The van der Waals surface area contributed by atoms with E-state index in [1.807, 2.05) is 27.7 Å². The van der Waals surface area contributed by atoms with Crippen molar-refractivity contribution in [1.29, 1.82) is 0 Å². The maximum Gasteiger partial charge on any atom is 0.303 e. The van der Waals surface area contributed by atoms with E-state index >= 15 is 0 Å². The molecule has 0 heterocycles. The molecule has 3 heteroatoms. The van der Waals surface area contributed by atoms with E-state index in [4.69, 9.17) is 10.8 Å². The van der Waals surface area contributed by atoms with E-state index in [-0.39, 0.29) is 17.9 Å². The van der Waals surface area contributed by atoms with Crippen LogP contribution in [0.2, 0.25) is 0 Å². The molecule has 0 aromatic rings. The van der Waals surface area contributed by atoms with Crippen molar-refractivity contribution in [2.45, 2.75) is 40.2 Å². The van der Waals surface area contributed by atoms with Crippen LogP contribution in [0.5, 0.6) is 0 Å².